The van der Waals surface area contributed by atoms with Crippen molar-refractivity contribution in [3.8, 4) is 0 Å². The van der Waals surface area contributed by atoms with Crippen LogP contribution >= 0.6 is 11.6 Å². The molecule has 1 aromatic heterocycles. The predicted molar refractivity (Wildman–Crippen MR) is 71.6 cm³/mol. The molecule has 0 aliphatic heterocycles. The molecule has 1 aromatic carbocycles. The zero-order valence-electron chi connectivity index (χ0n) is 9.90. The third-order valence-corrected chi connectivity index (χ3v) is 3.04. The second-order valence-corrected chi connectivity index (χ2v) is 4.28. The number of anilines is 2. The SMILES string of the molecule is CN(c1ccc(F)cc1)c1cc(CN)c(Cl)cn1. The molecule has 0 fully saturated rings. The summed E-state index contributed by atoms with van der Waals surface area (Å²) in [6.07, 6.45) is 1.57. The zero-order valence-corrected chi connectivity index (χ0v) is 10.7. The van der Waals surface area contributed by atoms with E-state index in [4.69, 9.17) is 17.3 Å². The molecule has 0 radical (unpaired) electrons. The van der Waals surface area contributed by atoms with Crippen molar-refractivity contribution in [1.82, 2.24) is 4.98 Å². The number of aromatic nitrogens is 1. The molecular formula is C13H13ClFN3. The van der Waals surface area contributed by atoms with Gasteiger partial charge in [0.15, 0.2) is 0 Å². The molecule has 0 unspecified atom stereocenters. The summed E-state index contributed by atoms with van der Waals surface area (Å²) in [6, 6.07) is 8.02. The molecule has 18 heavy (non-hydrogen) atoms. The standard InChI is InChI=1S/C13H13ClFN3/c1-18(11-4-2-10(15)3-5-11)13-6-9(7-16)12(14)8-17-13/h2-6,8H,7,16H2,1H3. The van der Waals surface area contributed by atoms with Crippen LogP contribution in [-0.2, 0) is 6.54 Å². The van der Waals surface area contributed by atoms with Crippen molar-refractivity contribution >= 4 is 23.1 Å². The summed E-state index contributed by atoms with van der Waals surface area (Å²) >= 11 is 5.96. The lowest BCUT2D eigenvalue weighted by molar-refractivity contribution is 0.628. The molecule has 3 nitrogen and oxygen atoms in total. The van der Waals surface area contributed by atoms with E-state index >= 15 is 0 Å². The third kappa shape index (κ3) is 2.60. The minimum atomic E-state index is -0.265. The van der Waals surface area contributed by atoms with Crippen LogP contribution in [0.1, 0.15) is 5.56 Å². The summed E-state index contributed by atoms with van der Waals surface area (Å²) in [7, 11) is 1.85. The summed E-state index contributed by atoms with van der Waals surface area (Å²) in [6.45, 7) is 0.353. The zero-order chi connectivity index (χ0) is 13.1. The topological polar surface area (TPSA) is 42.1 Å². The fraction of sp³-hybridized carbons (Fsp3) is 0.154. The Balaban J connectivity index is 2.33. The first-order chi connectivity index (χ1) is 8.61. The number of pyridine rings is 1. The van der Waals surface area contributed by atoms with Crippen molar-refractivity contribution in [2.45, 2.75) is 6.54 Å². The van der Waals surface area contributed by atoms with E-state index in [1.165, 1.54) is 12.1 Å². The van der Waals surface area contributed by atoms with Crippen molar-refractivity contribution in [3.63, 3.8) is 0 Å². The van der Waals surface area contributed by atoms with E-state index in [0.29, 0.717) is 17.4 Å². The highest BCUT2D eigenvalue weighted by molar-refractivity contribution is 6.31. The molecule has 2 rings (SSSR count). The highest BCUT2D eigenvalue weighted by Crippen LogP contribution is 2.25. The number of rotatable bonds is 3. The Morgan fingerprint density at radius 1 is 1.33 bits per heavy atom. The van der Waals surface area contributed by atoms with Crippen LogP contribution in [0, 0.1) is 5.82 Å². The van der Waals surface area contributed by atoms with Crippen molar-refractivity contribution in [2.24, 2.45) is 5.73 Å². The Morgan fingerprint density at radius 2 is 2.00 bits per heavy atom. The van der Waals surface area contributed by atoms with Gasteiger partial charge >= 0.3 is 0 Å². The smallest absolute Gasteiger partial charge is 0.133 e. The molecule has 0 atom stereocenters. The quantitative estimate of drug-likeness (QED) is 0.927. The largest absolute Gasteiger partial charge is 0.329 e. The second kappa shape index (κ2) is 5.33. The number of hydrogen-bond donors (Lipinski definition) is 1. The van der Waals surface area contributed by atoms with Gasteiger partial charge in [0.1, 0.15) is 11.6 Å². The third-order valence-electron chi connectivity index (χ3n) is 2.70. The summed E-state index contributed by atoms with van der Waals surface area (Å²) in [5.74, 6) is 0.449. The molecular weight excluding hydrogens is 253 g/mol. The van der Waals surface area contributed by atoms with Crippen LogP contribution in [0.2, 0.25) is 5.02 Å². The van der Waals surface area contributed by atoms with Gasteiger partial charge in [-0.25, -0.2) is 9.37 Å². The monoisotopic (exact) mass is 265 g/mol. The highest BCUT2D eigenvalue weighted by Gasteiger charge is 2.08. The van der Waals surface area contributed by atoms with Crippen LogP contribution in [-0.4, -0.2) is 12.0 Å². The fourth-order valence-corrected chi connectivity index (χ4v) is 1.79. The fourth-order valence-electron chi connectivity index (χ4n) is 1.60. The summed E-state index contributed by atoms with van der Waals surface area (Å²) < 4.78 is 12.9. The molecule has 0 bridgehead atoms. The van der Waals surface area contributed by atoms with Gasteiger partial charge in [0.05, 0.1) is 5.02 Å². The Morgan fingerprint density at radius 3 is 2.61 bits per heavy atom. The van der Waals surface area contributed by atoms with E-state index < -0.39 is 0 Å². The minimum absolute atomic E-state index is 0.265. The van der Waals surface area contributed by atoms with E-state index in [9.17, 15) is 4.39 Å². The van der Waals surface area contributed by atoms with E-state index in [1.54, 1.807) is 18.3 Å². The van der Waals surface area contributed by atoms with Crippen LogP contribution in [0.4, 0.5) is 15.9 Å². The van der Waals surface area contributed by atoms with E-state index in [2.05, 4.69) is 4.98 Å². The summed E-state index contributed by atoms with van der Waals surface area (Å²) in [5, 5.41) is 0.550. The normalized spacial score (nSPS) is 10.4. The van der Waals surface area contributed by atoms with Gasteiger partial charge in [-0.2, -0.15) is 0 Å². The Kier molecular flexibility index (Phi) is 3.79. The predicted octanol–water partition coefficient (Wildman–Crippen LogP) is 3.10. The molecule has 0 aliphatic rings. The first kappa shape index (κ1) is 12.8. The average molecular weight is 266 g/mol. The summed E-state index contributed by atoms with van der Waals surface area (Å²) in [5.41, 5.74) is 7.27. The molecule has 0 aliphatic carbocycles. The van der Waals surface area contributed by atoms with Crippen LogP contribution in [0.25, 0.3) is 0 Å². The minimum Gasteiger partial charge on any atom is -0.329 e. The van der Waals surface area contributed by atoms with E-state index in [-0.39, 0.29) is 5.82 Å². The maximum atomic E-state index is 12.9. The second-order valence-electron chi connectivity index (χ2n) is 3.87. The van der Waals surface area contributed by atoms with Gasteiger partial charge in [0.2, 0.25) is 0 Å². The molecule has 94 valence electrons. The van der Waals surface area contributed by atoms with E-state index in [1.807, 2.05) is 18.0 Å². The van der Waals surface area contributed by atoms with Crippen LogP contribution in [0.5, 0.6) is 0 Å². The van der Waals surface area contributed by atoms with Gasteiger partial charge in [0.25, 0.3) is 0 Å². The molecule has 2 N–H and O–H groups in total. The lowest BCUT2D eigenvalue weighted by Gasteiger charge is -2.19. The Labute approximate surface area is 110 Å². The maximum Gasteiger partial charge on any atom is 0.133 e. The van der Waals surface area contributed by atoms with Gasteiger partial charge in [-0.3, -0.25) is 0 Å². The average Bonchev–Trinajstić information content (AvgIpc) is 2.39. The van der Waals surface area contributed by atoms with Crippen molar-refractivity contribution in [2.75, 3.05) is 11.9 Å². The first-order valence-electron chi connectivity index (χ1n) is 5.45. The van der Waals surface area contributed by atoms with Gasteiger partial charge < -0.3 is 10.6 Å². The highest BCUT2D eigenvalue weighted by atomic mass is 35.5. The number of halogens is 2. The number of nitrogens with two attached hydrogens (primary N) is 1. The molecule has 0 spiro atoms. The van der Waals surface area contributed by atoms with Gasteiger partial charge in [-0.1, -0.05) is 11.6 Å². The Hall–Kier alpha value is -1.65. The molecule has 5 heteroatoms. The van der Waals surface area contributed by atoms with E-state index in [0.717, 1.165) is 11.3 Å². The molecule has 0 saturated carbocycles. The van der Waals surface area contributed by atoms with Gasteiger partial charge in [-0.15, -0.1) is 0 Å². The first-order valence-corrected chi connectivity index (χ1v) is 5.83. The molecule has 2 aromatic rings. The van der Waals surface area contributed by atoms with Crippen molar-refractivity contribution < 1.29 is 4.39 Å². The summed E-state index contributed by atoms with van der Waals surface area (Å²) in [4.78, 5) is 6.07. The molecule has 0 amide bonds. The van der Waals surface area contributed by atoms with Gasteiger partial charge in [0, 0.05) is 25.5 Å². The molecule has 1 heterocycles. The van der Waals surface area contributed by atoms with Crippen molar-refractivity contribution in [1.29, 1.82) is 0 Å². The van der Waals surface area contributed by atoms with Crippen molar-refractivity contribution in [3.05, 3.63) is 52.9 Å². The number of benzene rings is 1. The lowest BCUT2D eigenvalue weighted by atomic mass is 10.2. The number of hydrogen-bond acceptors (Lipinski definition) is 3. The van der Waals surface area contributed by atoms with Gasteiger partial charge in [-0.05, 0) is 35.9 Å². The van der Waals surface area contributed by atoms with Crippen LogP contribution in [0.15, 0.2) is 36.5 Å². The van der Waals surface area contributed by atoms with Crippen LogP contribution < -0.4 is 10.6 Å². The maximum absolute atomic E-state index is 12.9. The van der Waals surface area contributed by atoms with Crippen LogP contribution in [0.3, 0.4) is 0 Å². The molecule has 0 saturated heterocycles. The Bertz CT molecular complexity index is 542. The lowest BCUT2D eigenvalue weighted by Crippen LogP contribution is -2.12. The number of nitrogens with zero attached hydrogens (tertiary/aromatic N) is 2.